The molecule has 0 spiro atoms. The van der Waals surface area contributed by atoms with E-state index in [4.69, 9.17) is 0 Å². The van der Waals surface area contributed by atoms with E-state index in [2.05, 4.69) is 18.0 Å². The SMILES string of the molecule is [CH2]c1cccc2c1N=CCC2. The highest BCUT2D eigenvalue weighted by Gasteiger charge is 2.05. The Hall–Kier alpha value is -1.11. The zero-order valence-corrected chi connectivity index (χ0v) is 6.38. The minimum absolute atomic E-state index is 1.04. The van der Waals surface area contributed by atoms with Crippen molar-refractivity contribution >= 4 is 11.9 Å². The van der Waals surface area contributed by atoms with E-state index in [-0.39, 0.29) is 0 Å². The van der Waals surface area contributed by atoms with E-state index in [0.29, 0.717) is 0 Å². The third kappa shape index (κ3) is 1.07. The van der Waals surface area contributed by atoms with E-state index in [0.717, 1.165) is 24.1 Å². The van der Waals surface area contributed by atoms with Gasteiger partial charge in [0, 0.05) is 6.21 Å². The van der Waals surface area contributed by atoms with Gasteiger partial charge < -0.3 is 0 Å². The predicted octanol–water partition coefficient (Wildman–Crippen LogP) is 2.52. The van der Waals surface area contributed by atoms with Crippen LogP contribution in [0.2, 0.25) is 0 Å². The van der Waals surface area contributed by atoms with Gasteiger partial charge in [0.25, 0.3) is 0 Å². The molecule has 1 aliphatic heterocycles. The number of para-hydroxylation sites is 1. The van der Waals surface area contributed by atoms with Gasteiger partial charge in [-0.2, -0.15) is 0 Å². The third-order valence-electron chi connectivity index (χ3n) is 1.97. The minimum atomic E-state index is 1.04. The van der Waals surface area contributed by atoms with Crippen molar-refractivity contribution in [1.82, 2.24) is 0 Å². The normalized spacial score (nSPS) is 14.6. The van der Waals surface area contributed by atoms with E-state index >= 15 is 0 Å². The molecule has 55 valence electrons. The van der Waals surface area contributed by atoms with Crippen LogP contribution in [0.1, 0.15) is 17.5 Å². The van der Waals surface area contributed by atoms with Crippen LogP contribution in [0.15, 0.2) is 23.2 Å². The molecule has 0 atom stereocenters. The Balaban J connectivity index is 2.60. The van der Waals surface area contributed by atoms with E-state index in [1.165, 1.54) is 5.56 Å². The topological polar surface area (TPSA) is 12.4 Å². The number of rotatable bonds is 0. The summed E-state index contributed by atoms with van der Waals surface area (Å²) < 4.78 is 0. The van der Waals surface area contributed by atoms with Crippen LogP contribution in [0.25, 0.3) is 0 Å². The quantitative estimate of drug-likeness (QED) is 0.530. The molecule has 1 heterocycles. The molecule has 2 rings (SSSR count). The lowest BCUT2D eigenvalue weighted by atomic mass is 10.0. The van der Waals surface area contributed by atoms with Gasteiger partial charge in [-0.15, -0.1) is 0 Å². The summed E-state index contributed by atoms with van der Waals surface area (Å²) in [6.45, 7) is 3.92. The second-order valence-corrected chi connectivity index (χ2v) is 2.78. The second-order valence-electron chi connectivity index (χ2n) is 2.78. The summed E-state index contributed by atoms with van der Waals surface area (Å²) in [6.07, 6.45) is 4.15. The van der Waals surface area contributed by atoms with Gasteiger partial charge in [0.1, 0.15) is 0 Å². The molecule has 0 unspecified atom stereocenters. The predicted molar refractivity (Wildman–Crippen MR) is 47.4 cm³/mol. The third-order valence-corrected chi connectivity index (χ3v) is 1.97. The Bertz CT molecular complexity index is 300. The first-order valence-electron chi connectivity index (χ1n) is 3.84. The van der Waals surface area contributed by atoms with Gasteiger partial charge in [-0.3, -0.25) is 4.99 Å². The monoisotopic (exact) mass is 144 g/mol. The molecule has 1 aromatic carbocycles. The van der Waals surface area contributed by atoms with E-state index in [1.54, 1.807) is 0 Å². The molecule has 1 heteroatoms. The largest absolute Gasteiger partial charge is 0.261 e. The average molecular weight is 144 g/mol. The van der Waals surface area contributed by atoms with Crippen molar-refractivity contribution in [3.8, 4) is 0 Å². The van der Waals surface area contributed by atoms with Gasteiger partial charge in [-0.05, 0) is 30.9 Å². The zero-order valence-electron chi connectivity index (χ0n) is 6.38. The summed E-state index contributed by atoms with van der Waals surface area (Å²) in [5, 5.41) is 0. The highest BCUT2D eigenvalue weighted by atomic mass is 14.7. The van der Waals surface area contributed by atoms with Crippen molar-refractivity contribution in [3.05, 3.63) is 36.2 Å². The van der Waals surface area contributed by atoms with Crippen molar-refractivity contribution in [2.75, 3.05) is 0 Å². The van der Waals surface area contributed by atoms with Crippen LogP contribution in [0, 0.1) is 6.92 Å². The number of aryl methyl sites for hydroxylation is 1. The Morgan fingerprint density at radius 3 is 3.09 bits per heavy atom. The van der Waals surface area contributed by atoms with Crippen LogP contribution in [0.5, 0.6) is 0 Å². The molecule has 1 nitrogen and oxygen atoms in total. The maximum absolute atomic E-state index is 4.31. The Kier molecular flexibility index (Phi) is 1.50. The van der Waals surface area contributed by atoms with Gasteiger partial charge >= 0.3 is 0 Å². The molecular weight excluding hydrogens is 134 g/mol. The van der Waals surface area contributed by atoms with Crippen LogP contribution in [0.3, 0.4) is 0 Å². The van der Waals surface area contributed by atoms with Gasteiger partial charge in [0.05, 0.1) is 5.69 Å². The number of hydrogen-bond acceptors (Lipinski definition) is 1. The molecule has 0 saturated carbocycles. The zero-order chi connectivity index (χ0) is 7.68. The van der Waals surface area contributed by atoms with Gasteiger partial charge in [-0.25, -0.2) is 0 Å². The molecule has 11 heavy (non-hydrogen) atoms. The number of fused-ring (bicyclic) bond motifs is 1. The molecule has 1 aliphatic rings. The first-order valence-corrected chi connectivity index (χ1v) is 3.84. The number of hydrogen-bond donors (Lipinski definition) is 0. The fourth-order valence-corrected chi connectivity index (χ4v) is 1.39. The lowest BCUT2D eigenvalue weighted by Crippen LogP contribution is -1.94. The Labute approximate surface area is 66.8 Å². The standard InChI is InChI=1S/C10H10N/c1-8-4-2-5-9-6-3-7-11-10(8)9/h2,4-5,7H,1,3,6H2. The second kappa shape index (κ2) is 2.50. The molecule has 0 aliphatic carbocycles. The number of nitrogens with zero attached hydrogens (tertiary/aromatic N) is 1. The highest BCUT2D eigenvalue weighted by Crippen LogP contribution is 2.26. The lowest BCUT2D eigenvalue weighted by molar-refractivity contribution is 1.03. The van der Waals surface area contributed by atoms with Crippen LogP contribution in [0.4, 0.5) is 5.69 Å². The number of benzene rings is 1. The summed E-state index contributed by atoms with van der Waals surface area (Å²) in [4.78, 5) is 4.31. The fourth-order valence-electron chi connectivity index (χ4n) is 1.39. The van der Waals surface area contributed by atoms with Gasteiger partial charge in [0.15, 0.2) is 0 Å². The van der Waals surface area contributed by atoms with Crippen LogP contribution in [-0.4, -0.2) is 6.21 Å². The summed E-state index contributed by atoms with van der Waals surface area (Å²) in [7, 11) is 0. The summed E-state index contributed by atoms with van der Waals surface area (Å²) in [6, 6.07) is 6.17. The molecule has 0 saturated heterocycles. The van der Waals surface area contributed by atoms with Crippen LogP contribution in [-0.2, 0) is 6.42 Å². The minimum Gasteiger partial charge on any atom is -0.261 e. The van der Waals surface area contributed by atoms with Crippen LogP contribution < -0.4 is 0 Å². The molecule has 0 bridgehead atoms. The summed E-state index contributed by atoms with van der Waals surface area (Å²) in [5.41, 5.74) is 3.46. The van der Waals surface area contributed by atoms with E-state index in [1.807, 2.05) is 18.3 Å². The summed E-state index contributed by atoms with van der Waals surface area (Å²) >= 11 is 0. The maximum atomic E-state index is 4.31. The van der Waals surface area contributed by atoms with Crippen molar-refractivity contribution in [3.63, 3.8) is 0 Å². The fraction of sp³-hybridized carbons (Fsp3) is 0.200. The van der Waals surface area contributed by atoms with Crippen molar-refractivity contribution in [2.24, 2.45) is 4.99 Å². The molecule has 0 N–H and O–H groups in total. The smallest absolute Gasteiger partial charge is 0.0689 e. The van der Waals surface area contributed by atoms with Crippen molar-refractivity contribution in [2.45, 2.75) is 12.8 Å². The maximum Gasteiger partial charge on any atom is 0.0689 e. The molecule has 0 fully saturated rings. The first-order chi connectivity index (χ1) is 5.38. The Morgan fingerprint density at radius 1 is 1.36 bits per heavy atom. The van der Waals surface area contributed by atoms with Crippen molar-refractivity contribution < 1.29 is 0 Å². The Morgan fingerprint density at radius 2 is 2.27 bits per heavy atom. The molecular formula is C10H10N. The molecule has 0 aromatic heterocycles. The molecule has 1 radical (unpaired) electrons. The first kappa shape index (κ1) is 6.59. The average Bonchev–Trinajstić information content (AvgIpc) is 2.06. The number of aliphatic imine (C=N–C) groups is 1. The van der Waals surface area contributed by atoms with Gasteiger partial charge in [-0.1, -0.05) is 18.2 Å². The summed E-state index contributed by atoms with van der Waals surface area (Å²) in [5.74, 6) is 0. The van der Waals surface area contributed by atoms with Crippen molar-refractivity contribution in [1.29, 1.82) is 0 Å². The molecule has 0 amide bonds. The lowest BCUT2D eigenvalue weighted by Gasteiger charge is -2.10. The van der Waals surface area contributed by atoms with Gasteiger partial charge in [0.2, 0.25) is 0 Å². The van der Waals surface area contributed by atoms with E-state index in [9.17, 15) is 0 Å². The van der Waals surface area contributed by atoms with Crippen LogP contribution >= 0.6 is 0 Å². The molecule has 1 aromatic rings. The van der Waals surface area contributed by atoms with E-state index < -0.39 is 0 Å². The highest BCUT2D eigenvalue weighted by molar-refractivity contribution is 5.71.